The van der Waals surface area contributed by atoms with E-state index in [2.05, 4.69) is 5.16 Å². The zero-order valence-electron chi connectivity index (χ0n) is 24.1. The lowest BCUT2D eigenvalue weighted by atomic mass is 9.65. The molecular weight excluding hydrogens is 707 g/mol. The van der Waals surface area contributed by atoms with E-state index in [9.17, 15) is 14.4 Å². The fourth-order valence-electron chi connectivity index (χ4n) is 5.55. The molecular formula is C31H25Cl6N3O5. The molecule has 45 heavy (non-hydrogen) atoms. The average molecular weight is 732 g/mol. The van der Waals surface area contributed by atoms with Crippen LogP contribution < -0.4 is 0 Å². The molecule has 5 rings (SSSR count). The van der Waals surface area contributed by atoms with Crippen LogP contribution in [0.5, 0.6) is 0 Å². The number of likely N-dealkylation sites (N-methyl/N-ethyl adjacent to an activating group) is 1. The lowest BCUT2D eigenvalue weighted by molar-refractivity contribution is -0.139. The molecule has 2 aromatic carbocycles. The van der Waals surface area contributed by atoms with Crippen molar-refractivity contribution < 1.29 is 23.6 Å². The number of hydrogen-bond donors (Lipinski definition) is 0. The van der Waals surface area contributed by atoms with Crippen LogP contribution in [0.2, 0.25) is 15.1 Å². The minimum Gasteiger partial charge on any atom is -0.458 e. The van der Waals surface area contributed by atoms with E-state index in [1.165, 1.54) is 27.7 Å². The third kappa shape index (κ3) is 6.46. The van der Waals surface area contributed by atoms with Gasteiger partial charge in [-0.05, 0) is 55.2 Å². The highest BCUT2D eigenvalue weighted by Crippen LogP contribution is 2.49. The van der Waals surface area contributed by atoms with Gasteiger partial charge in [0.25, 0.3) is 5.91 Å². The summed E-state index contributed by atoms with van der Waals surface area (Å²) >= 11 is 36.4. The Bertz CT molecular complexity index is 1840. The molecule has 0 spiro atoms. The minimum atomic E-state index is -1.74. The molecule has 14 heteroatoms. The predicted molar refractivity (Wildman–Crippen MR) is 178 cm³/mol. The average Bonchev–Trinajstić information content (AvgIpc) is 3.51. The van der Waals surface area contributed by atoms with Crippen molar-refractivity contribution in [1.29, 1.82) is 0 Å². The molecule has 0 radical (unpaired) electrons. The van der Waals surface area contributed by atoms with Crippen molar-refractivity contribution in [2.75, 3.05) is 20.7 Å². The van der Waals surface area contributed by atoms with Crippen LogP contribution in [0.1, 0.15) is 46.5 Å². The maximum absolute atomic E-state index is 14.7. The molecule has 0 unspecified atom stereocenters. The quantitative estimate of drug-likeness (QED) is 0.107. The van der Waals surface area contributed by atoms with E-state index < -0.39 is 27.7 Å². The van der Waals surface area contributed by atoms with Gasteiger partial charge in [0.1, 0.15) is 23.3 Å². The predicted octanol–water partition coefficient (Wildman–Crippen LogP) is 8.69. The van der Waals surface area contributed by atoms with Gasteiger partial charge in [-0.3, -0.25) is 14.2 Å². The number of amides is 1. The van der Waals surface area contributed by atoms with E-state index in [-0.39, 0.29) is 38.5 Å². The Hall–Kier alpha value is -2.72. The number of aryl methyl sites for hydroxylation is 1. The van der Waals surface area contributed by atoms with Gasteiger partial charge in [-0.25, -0.2) is 4.79 Å². The molecule has 1 fully saturated rings. The Morgan fingerprint density at radius 2 is 1.78 bits per heavy atom. The molecule has 1 aliphatic carbocycles. The van der Waals surface area contributed by atoms with E-state index in [0.717, 1.165) is 12.0 Å². The molecule has 0 saturated heterocycles. The highest BCUT2D eigenvalue weighted by molar-refractivity contribution is 6.67. The number of benzene rings is 2. The van der Waals surface area contributed by atoms with Crippen LogP contribution in [0.15, 0.2) is 47.1 Å². The van der Waals surface area contributed by atoms with Crippen molar-refractivity contribution in [3.05, 3.63) is 80.1 Å². The summed E-state index contributed by atoms with van der Waals surface area (Å²) in [6.07, 6.45) is 6.12. The zero-order chi connectivity index (χ0) is 32.8. The Morgan fingerprint density at radius 1 is 1.11 bits per heavy atom. The molecule has 236 valence electrons. The fraction of sp³-hybridized carbons (Fsp3) is 0.290. The molecule has 4 aromatic rings. The van der Waals surface area contributed by atoms with Crippen LogP contribution in [-0.2, 0) is 19.7 Å². The summed E-state index contributed by atoms with van der Waals surface area (Å²) in [7, 11) is 3.30. The van der Waals surface area contributed by atoms with Gasteiger partial charge >= 0.3 is 5.97 Å². The van der Waals surface area contributed by atoms with Crippen LogP contribution >= 0.6 is 69.6 Å². The van der Waals surface area contributed by atoms with Crippen molar-refractivity contribution in [3.63, 3.8) is 0 Å². The van der Waals surface area contributed by atoms with Crippen molar-refractivity contribution in [2.45, 2.75) is 35.4 Å². The molecule has 0 aliphatic heterocycles. The number of halogens is 6. The summed E-state index contributed by atoms with van der Waals surface area (Å²) in [5.41, 5.74) is 1.20. The van der Waals surface area contributed by atoms with Gasteiger partial charge in [0, 0.05) is 42.3 Å². The second kappa shape index (κ2) is 12.8. The third-order valence-corrected chi connectivity index (χ3v) is 8.80. The third-order valence-electron chi connectivity index (χ3n) is 7.65. The molecule has 0 N–H and O–H groups in total. The van der Waals surface area contributed by atoms with Gasteiger partial charge in [-0.2, -0.15) is 0 Å². The monoisotopic (exact) mass is 729 g/mol. The van der Waals surface area contributed by atoms with Crippen LogP contribution in [-0.4, -0.2) is 56.9 Å². The summed E-state index contributed by atoms with van der Waals surface area (Å²) in [5.74, 6) is -1.29. The van der Waals surface area contributed by atoms with Crippen molar-refractivity contribution in [1.82, 2.24) is 14.6 Å². The fourth-order valence-corrected chi connectivity index (χ4v) is 6.71. The number of rotatable bonds is 7. The second-order valence-electron chi connectivity index (χ2n) is 10.9. The lowest BCUT2D eigenvalue weighted by Gasteiger charge is -2.40. The van der Waals surface area contributed by atoms with Gasteiger partial charge in [0.2, 0.25) is 9.70 Å². The first-order chi connectivity index (χ1) is 21.1. The molecule has 0 atom stereocenters. The highest BCUT2D eigenvalue weighted by Gasteiger charge is 2.53. The molecule has 0 bridgehead atoms. The molecule has 1 aliphatic rings. The number of alkyl halides is 3. The maximum atomic E-state index is 14.7. The van der Waals surface area contributed by atoms with E-state index in [1.807, 2.05) is 6.92 Å². The largest absolute Gasteiger partial charge is 0.458 e. The van der Waals surface area contributed by atoms with Crippen LogP contribution in [0, 0.1) is 6.92 Å². The minimum absolute atomic E-state index is 0.0594. The summed E-state index contributed by atoms with van der Waals surface area (Å²) in [4.78, 5) is 42.0. The number of ether oxygens (including phenoxy) is 1. The van der Waals surface area contributed by atoms with Crippen molar-refractivity contribution >= 4 is 104 Å². The first-order valence-electron chi connectivity index (χ1n) is 13.6. The van der Waals surface area contributed by atoms with E-state index >= 15 is 0 Å². The van der Waals surface area contributed by atoms with Gasteiger partial charge in [0.15, 0.2) is 5.76 Å². The maximum Gasteiger partial charge on any atom is 0.330 e. The van der Waals surface area contributed by atoms with Crippen molar-refractivity contribution in [3.8, 4) is 11.3 Å². The van der Waals surface area contributed by atoms with E-state index in [1.54, 1.807) is 44.6 Å². The van der Waals surface area contributed by atoms with Crippen molar-refractivity contribution in [2.24, 2.45) is 0 Å². The first-order valence-corrected chi connectivity index (χ1v) is 15.8. The second-order valence-corrected chi connectivity index (χ2v) is 14.7. The molecule has 8 nitrogen and oxygen atoms in total. The zero-order valence-corrected chi connectivity index (χ0v) is 28.6. The molecule has 2 heterocycles. The van der Waals surface area contributed by atoms with E-state index in [0.29, 0.717) is 34.3 Å². The van der Waals surface area contributed by atoms with Gasteiger partial charge in [-0.15, -0.1) is 0 Å². The number of carbonyl (C=O) groups is 3. The van der Waals surface area contributed by atoms with Gasteiger partial charge in [0.05, 0.1) is 15.6 Å². The number of aromatic nitrogens is 2. The van der Waals surface area contributed by atoms with Crippen LogP contribution in [0.3, 0.4) is 0 Å². The number of nitrogens with zero attached hydrogens (tertiary/aromatic N) is 3. The molecule has 1 amide bonds. The molecule has 1 saturated carbocycles. The molecule has 2 aromatic heterocycles. The standard InChI is InChI=1S/C31H25Cl6N3O5/c1-16-14-40(21-7-4-6-17(23(16)21)8-9-22(41)44-15-31(35,36)37)28(42)25-26(24-19(33)12-18(32)13-20(24)34)38-45-27(25)30(10-5-11-30)29(43)39(2)3/h4,6-9,12-14H,5,10-11,15H2,1-3H3/b9-8+. The van der Waals surface area contributed by atoms with Gasteiger partial charge < -0.3 is 14.2 Å². The highest BCUT2D eigenvalue weighted by atomic mass is 35.6. The topological polar surface area (TPSA) is 94.6 Å². The normalized spacial score (nSPS) is 14.5. The number of hydrogen-bond acceptors (Lipinski definition) is 6. The summed E-state index contributed by atoms with van der Waals surface area (Å²) in [6, 6.07) is 8.26. The lowest BCUT2D eigenvalue weighted by Crippen LogP contribution is -2.49. The SMILES string of the molecule is Cc1cn(C(=O)c2c(-c3c(Cl)cc(Cl)cc3Cl)noc2C2(C(=O)N(C)C)CCC2)c2cccc(/C=C/C(=O)OCC(Cl)(Cl)Cl)c12. The Kier molecular flexibility index (Phi) is 9.58. The summed E-state index contributed by atoms with van der Waals surface area (Å²) < 4.78 is 10.6. The number of carbonyl (C=O) groups excluding carboxylic acids is 3. The number of fused-ring (bicyclic) bond motifs is 1. The van der Waals surface area contributed by atoms with Gasteiger partial charge in [-0.1, -0.05) is 93.3 Å². The Balaban J connectivity index is 1.66. The summed E-state index contributed by atoms with van der Waals surface area (Å²) in [6.45, 7) is 1.41. The van der Waals surface area contributed by atoms with E-state index in [4.69, 9.17) is 78.9 Å². The van der Waals surface area contributed by atoms with Crippen LogP contribution in [0.25, 0.3) is 28.2 Å². The smallest absolute Gasteiger partial charge is 0.330 e. The number of esters is 1. The Labute approximate surface area is 288 Å². The van der Waals surface area contributed by atoms with Crippen LogP contribution in [0.4, 0.5) is 0 Å². The summed E-state index contributed by atoms with van der Waals surface area (Å²) in [5, 5.41) is 5.59. The Morgan fingerprint density at radius 3 is 2.36 bits per heavy atom. The first kappa shape index (κ1) is 33.6.